The molecule has 1 aliphatic heterocycles. The van der Waals surface area contributed by atoms with E-state index in [0.717, 1.165) is 22.0 Å². The number of nitrogens with zero attached hydrogens (tertiary/aromatic N) is 3. The second-order valence-corrected chi connectivity index (χ2v) is 8.72. The van der Waals surface area contributed by atoms with Crippen molar-refractivity contribution in [1.29, 1.82) is 0 Å². The predicted molar refractivity (Wildman–Crippen MR) is 128 cm³/mol. The third kappa shape index (κ3) is 4.59. The second-order valence-electron chi connectivity index (χ2n) is 8.72. The lowest BCUT2D eigenvalue weighted by Crippen LogP contribution is -2.43. The third-order valence-corrected chi connectivity index (χ3v) is 6.47. The number of para-hydroxylation sites is 1. The first kappa shape index (κ1) is 23.6. The molecule has 0 spiro atoms. The van der Waals surface area contributed by atoms with Crippen molar-refractivity contribution in [2.24, 2.45) is 0 Å². The van der Waals surface area contributed by atoms with Gasteiger partial charge in [-0.05, 0) is 30.5 Å². The maximum Gasteiger partial charge on any atom is 0.240 e. The minimum absolute atomic E-state index is 0.0207. The number of hydrogen-bond donors (Lipinski definition) is 1. The van der Waals surface area contributed by atoms with Gasteiger partial charge in [0.2, 0.25) is 17.7 Å². The van der Waals surface area contributed by atoms with Gasteiger partial charge in [0.05, 0.1) is 30.3 Å². The number of fused-ring (bicyclic) bond motifs is 1. The molecular formula is C26H30N4O4. The van der Waals surface area contributed by atoms with Gasteiger partial charge in [0.15, 0.2) is 0 Å². The fourth-order valence-electron chi connectivity index (χ4n) is 4.76. The van der Waals surface area contributed by atoms with Crippen LogP contribution in [0.4, 0.5) is 0 Å². The van der Waals surface area contributed by atoms with E-state index in [-0.39, 0.29) is 43.7 Å². The highest BCUT2D eigenvalue weighted by molar-refractivity contribution is 6.11. The van der Waals surface area contributed by atoms with Gasteiger partial charge in [0.25, 0.3) is 0 Å². The van der Waals surface area contributed by atoms with Gasteiger partial charge in [-0.25, -0.2) is 0 Å². The average Bonchev–Trinajstić information content (AvgIpc) is 3.34. The van der Waals surface area contributed by atoms with E-state index in [9.17, 15) is 14.4 Å². The van der Waals surface area contributed by atoms with Crippen molar-refractivity contribution in [3.05, 3.63) is 65.9 Å². The van der Waals surface area contributed by atoms with Gasteiger partial charge in [0.1, 0.15) is 0 Å². The minimum Gasteiger partial charge on any atom is -0.383 e. The smallest absolute Gasteiger partial charge is 0.240 e. The molecule has 1 atom stereocenters. The lowest BCUT2D eigenvalue weighted by molar-refractivity contribution is -0.141. The molecule has 1 aliphatic rings. The summed E-state index contributed by atoms with van der Waals surface area (Å²) in [5.41, 5.74) is 1.47. The summed E-state index contributed by atoms with van der Waals surface area (Å²) >= 11 is 0. The lowest BCUT2D eigenvalue weighted by atomic mass is 9.74. The van der Waals surface area contributed by atoms with Crippen LogP contribution in [0.5, 0.6) is 0 Å². The maximum absolute atomic E-state index is 13.5. The number of nitrogens with one attached hydrogen (secondary N) is 1. The molecule has 3 aromatic rings. The highest BCUT2D eigenvalue weighted by atomic mass is 16.5. The van der Waals surface area contributed by atoms with Gasteiger partial charge in [-0.1, -0.05) is 42.5 Å². The molecular weight excluding hydrogens is 432 g/mol. The molecule has 2 aromatic carbocycles. The first-order chi connectivity index (χ1) is 16.5. The van der Waals surface area contributed by atoms with Crippen LogP contribution in [0.1, 0.15) is 30.4 Å². The molecule has 1 saturated heterocycles. The number of carbonyl (C=O) groups excluding carboxylic acids is 3. The number of amides is 3. The zero-order valence-electron chi connectivity index (χ0n) is 19.6. The summed E-state index contributed by atoms with van der Waals surface area (Å²) in [7, 11) is 1.53. The largest absolute Gasteiger partial charge is 0.383 e. The monoisotopic (exact) mass is 462 g/mol. The van der Waals surface area contributed by atoms with E-state index in [0.29, 0.717) is 19.5 Å². The molecule has 0 saturated carbocycles. The van der Waals surface area contributed by atoms with Crippen molar-refractivity contribution in [3.63, 3.8) is 0 Å². The summed E-state index contributed by atoms with van der Waals surface area (Å²) in [6.45, 7) is 3.46. The Labute approximate surface area is 198 Å². The van der Waals surface area contributed by atoms with Crippen molar-refractivity contribution in [2.75, 3.05) is 26.8 Å². The standard InChI is InChI=1S/C26H30N4O4/c1-19-8-3-5-10-21(19)26(17-24(32)29(25(26)33)14-15-34-2)16-23(31)27-12-7-13-30-22-11-6-4-9-20(22)18-28-30/h3-6,8-11,18H,7,12-17H2,1-2H3,(H,27,31)/t26-/m0/s1. The Bertz CT molecular complexity index is 1200. The minimum atomic E-state index is -1.20. The van der Waals surface area contributed by atoms with E-state index < -0.39 is 5.41 Å². The van der Waals surface area contributed by atoms with Crippen LogP contribution in [0.3, 0.4) is 0 Å². The molecule has 1 fully saturated rings. The normalized spacial score (nSPS) is 18.1. The zero-order valence-corrected chi connectivity index (χ0v) is 19.6. The number of carbonyl (C=O) groups is 3. The quantitative estimate of drug-likeness (QED) is 0.369. The van der Waals surface area contributed by atoms with Gasteiger partial charge in [-0.3, -0.25) is 24.0 Å². The maximum atomic E-state index is 13.5. The van der Waals surface area contributed by atoms with Gasteiger partial charge < -0.3 is 10.1 Å². The van der Waals surface area contributed by atoms with Crippen LogP contribution in [0.25, 0.3) is 10.9 Å². The lowest BCUT2D eigenvalue weighted by Gasteiger charge is -2.28. The van der Waals surface area contributed by atoms with E-state index >= 15 is 0 Å². The van der Waals surface area contributed by atoms with Gasteiger partial charge in [-0.15, -0.1) is 0 Å². The van der Waals surface area contributed by atoms with Crippen molar-refractivity contribution in [3.8, 4) is 0 Å². The summed E-state index contributed by atoms with van der Waals surface area (Å²) in [4.78, 5) is 40.5. The van der Waals surface area contributed by atoms with E-state index in [2.05, 4.69) is 10.4 Å². The van der Waals surface area contributed by atoms with Crippen LogP contribution in [-0.2, 0) is 31.1 Å². The number of benzene rings is 2. The van der Waals surface area contributed by atoms with E-state index in [1.165, 1.54) is 12.0 Å². The molecule has 3 amide bonds. The Morgan fingerprint density at radius 2 is 1.88 bits per heavy atom. The Kier molecular flexibility index (Phi) is 7.07. The summed E-state index contributed by atoms with van der Waals surface area (Å²) in [5, 5.41) is 8.43. The molecule has 178 valence electrons. The van der Waals surface area contributed by atoms with E-state index in [1.54, 1.807) is 0 Å². The number of methoxy groups -OCH3 is 1. The summed E-state index contributed by atoms with van der Waals surface area (Å²) in [5.74, 6) is -0.853. The van der Waals surface area contributed by atoms with Gasteiger partial charge in [-0.2, -0.15) is 5.10 Å². The average molecular weight is 463 g/mol. The molecule has 1 N–H and O–H groups in total. The van der Waals surface area contributed by atoms with Gasteiger partial charge >= 0.3 is 0 Å². The third-order valence-electron chi connectivity index (χ3n) is 6.47. The number of hydrogen-bond acceptors (Lipinski definition) is 5. The molecule has 2 heterocycles. The topological polar surface area (TPSA) is 93.5 Å². The predicted octanol–water partition coefficient (Wildman–Crippen LogP) is 2.58. The molecule has 0 aliphatic carbocycles. The van der Waals surface area contributed by atoms with Crippen LogP contribution in [0.15, 0.2) is 54.7 Å². The fraction of sp³-hybridized carbons (Fsp3) is 0.385. The second kappa shape index (κ2) is 10.2. The zero-order chi connectivity index (χ0) is 24.1. The molecule has 0 radical (unpaired) electrons. The first-order valence-corrected chi connectivity index (χ1v) is 11.5. The molecule has 34 heavy (non-hydrogen) atoms. The van der Waals surface area contributed by atoms with E-state index in [4.69, 9.17) is 4.74 Å². The summed E-state index contributed by atoms with van der Waals surface area (Å²) < 4.78 is 6.99. The van der Waals surface area contributed by atoms with Gasteiger partial charge in [0, 0.05) is 38.4 Å². The number of ether oxygens (including phenoxy) is 1. The van der Waals surface area contributed by atoms with Crippen molar-refractivity contribution in [1.82, 2.24) is 20.0 Å². The Balaban J connectivity index is 1.44. The van der Waals surface area contributed by atoms with E-state index in [1.807, 2.05) is 66.3 Å². The van der Waals surface area contributed by atoms with Crippen LogP contribution < -0.4 is 5.32 Å². The summed E-state index contributed by atoms with van der Waals surface area (Å²) in [6, 6.07) is 15.5. The highest BCUT2D eigenvalue weighted by Crippen LogP contribution is 2.41. The molecule has 8 nitrogen and oxygen atoms in total. The van der Waals surface area contributed by atoms with Crippen molar-refractivity contribution < 1.29 is 19.1 Å². The SMILES string of the molecule is COCCN1C(=O)C[C@@](CC(=O)NCCCn2ncc3ccccc32)(c2ccccc2C)C1=O. The van der Waals surface area contributed by atoms with Crippen LogP contribution >= 0.6 is 0 Å². The summed E-state index contributed by atoms with van der Waals surface area (Å²) in [6.07, 6.45) is 2.43. The Hall–Kier alpha value is -3.52. The number of rotatable bonds is 10. The number of likely N-dealkylation sites (tertiary alicyclic amines) is 1. The molecule has 0 unspecified atom stereocenters. The molecule has 4 rings (SSSR count). The number of aryl methyl sites for hydroxylation is 2. The first-order valence-electron chi connectivity index (χ1n) is 11.5. The molecule has 0 bridgehead atoms. The highest BCUT2D eigenvalue weighted by Gasteiger charge is 2.54. The Morgan fingerprint density at radius 1 is 1.12 bits per heavy atom. The van der Waals surface area contributed by atoms with Crippen LogP contribution in [-0.4, -0.2) is 59.2 Å². The van der Waals surface area contributed by atoms with Crippen molar-refractivity contribution >= 4 is 28.6 Å². The van der Waals surface area contributed by atoms with Crippen molar-refractivity contribution in [2.45, 2.75) is 38.1 Å². The molecule has 8 heteroatoms. The fourth-order valence-corrected chi connectivity index (χ4v) is 4.76. The van der Waals surface area contributed by atoms with Crippen LogP contribution in [0.2, 0.25) is 0 Å². The Morgan fingerprint density at radius 3 is 2.68 bits per heavy atom. The molecule has 1 aromatic heterocycles. The number of aromatic nitrogens is 2. The van der Waals surface area contributed by atoms with Crippen LogP contribution in [0, 0.1) is 6.92 Å². The number of imide groups is 1.